The average Bonchev–Trinajstić information content (AvgIpc) is 2.47. The first-order valence-electron chi connectivity index (χ1n) is 6.53. The number of hydroxylamine groups is 1. The summed E-state index contributed by atoms with van der Waals surface area (Å²) in [6.45, 7) is 0.606. The molecule has 0 fully saturated rings. The lowest BCUT2D eigenvalue weighted by molar-refractivity contribution is 0.0537. The van der Waals surface area contributed by atoms with Crippen molar-refractivity contribution in [3.63, 3.8) is 0 Å². The van der Waals surface area contributed by atoms with Crippen LogP contribution >= 0.6 is 0 Å². The average molecular weight is 261 g/mol. The molecule has 0 saturated carbocycles. The van der Waals surface area contributed by atoms with Crippen LogP contribution in [0, 0.1) is 0 Å². The smallest absolute Gasteiger partial charge is 0.274 e. The fourth-order valence-corrected chi connectivity index (χ4v) is 2.09. The van der Waals surface area contributed by atoms with E-state index in [0.29, 0.717) is 17.9 Å². The topological polar surface area (TPSA) is 47.6 Å². The number of hydrogen-bond acceptors (Lipinski definition) is 3. The summed E-state index contributed by atoms with van der Waals surface area (Å²) in [5, 5.41) is 0. The number of hydrogen-bond donors (Lipinski definition) is 1. The van der Waals surface area contributed by atoms with Crippen LogP contribution in [0.2, 0.25) is 0 Å². The van der Waals surface area contributed by atoms with Crippen LogP contribution in [0.15, 0.2) is 35.9 Å². The van der Waals surface area contributed by atoms with Gasteiger partial charge >= 0.3 is 0 Å². The zero-order valence-electron chi connectivity index (χ0n) is 11.1. The number of allylic oxidation sites excluding steroid dienone is 1. The van der Waals surface area contributed by atoms with Crippen molar-refractivity contribution in [1.82, 2.24) is 5.48 Å². The predicted octanol–water partition coefficient (Wildman–Crippen LogP) is 2.86. The Morgan fingerprint density at radius 3 is 3.00 bits per heavy atom. The summed E-state index contributed by atoms with van der Waals surface area (Å²) in [7, 11) is 1.41. The van der Waals surface area contributed by atoms with Gasteiger partial charge in [-0.15, -0.1) is 0 Å². The zero-order valence-corrected chi connectivity index (χ0v) is 11.1. The molecule has 1 aromatic carbocycles. The van der Waals surface area contributed by atoms with Gasteiger partial charge in [-0.2, -0.15) is 0 Å². The number of benzene rings is 1. The third kappa shape index (κ3) is 4.10. The summed E-state index contributed by atoms with van der Waals surface area (Å²) >= 11 is 0. The van der Waals surface area contributed by atoms with Crippen LogP contribution in [0.5, 0.6) is 5.75 Å². The van der Waals surface area contributed by atoms with Crippen molar-refractivity contribution in [1.29, 1.82) is 0 Å². The molecule has 4 nitrogen and oxygen atoms in total. The lowest BCUT2D eigenvalue weighted by Crippen LogP contribution is -2.21. The second-order valence-electron chi connectivity index (χ2n) is 4.56. The van der Waals surface area contributed by atoms with Crippen LogP contribution in [-0.2, 0) is 4.84 Å². The minimum atomic E-state index is -0.273. The molecule has 0 saturated heterocycles. The van der Waals surface area contributed by atoms with Crippen molar-refractivity contribution in [3.05, 3.63) is 41.5 Å². The Bertz CT molecular complexity index is 468. The number of ether oxygens (including phenoxy) is 1. The monoisotopic (exact) mass is 261 g/mol. The molecule has 2 rings (SSSR count). The predicted molar refractivity (Wildman–Crippen MR) is 73.0 cm³/mol. The Hall–Kier alpha value is -1.81. The highest BCUT2D eigenvalue weighted by Gasteiger charge is 2.07. The van der Waals surface area contributed by atoms with Crippen molar-refractivity contribution < 1.29 is 14.4 Å². The van der Waals surface area contributed by atoms with Gasteiger partial charge in [-0.25, -0.2) is 5.48 Å². The molecule has 1 amide bonds. The van der Waals surface area contributed by atoms with E-state index in [4.69, 9.17) is 4.74 Å². The van der Waals surface area contributed by atoms with Crippen LogP contribution in [-0.4, -0.2) is 19.6 Å². The van der Waals surface area contributed by atoms with E-state index in [9.17, 15) is 4.79 Å². The Morgan fingerprint density at radius 2 is 2.26 bits per heavy atom. The number of rotatable bonds is 5. The third-order valence-corrected chi connectivity index (χ3v) is 3.10. The molecule has 0 aromatic heterocycles. The summed E-state index contributed by atoms with van der Waals surface area (Å²) in [6, 6.07) is 7.10. The normalized spacial score (nSPS) is 14.7. The van der Waals surface area contributed by atoms with E-state index in [0.717, 1.165) is 12.8 Å². The van der Waals surface area contributed by atoms with E-state index in [1.54, 1.807) is 18.2 Å². The molecule has 0 spiro atoms. The molecule has 0 aliphatic heterocycles. The number of nitrogens with one attached hydrogen (secondary N) is 1. The molecule has 1 N–H and O–H groups in total. The zero-order chi connectivity index (χ0) is 13.5. The second-order valence-corrected chi connectivity index (χ2v) is 4.56. The molecule has 0 unspecified atom stereocenters. The highest BCUT2D eigenvalue weighted by Crippen LogP contribution is 2.19. The molecular weight excluding hydrogens is 242 g/mol. The fraction of sp³-hybridized carbons (Fsp3) is 0.400. The second kappa shape index (κ2) is 6.95. The minimum absolute atomic E-state index is 0.273. The van der Waals surface area contributed by atoms with Crippen LogP contribution in [0.4, 0.5) is 0 Å². The van der Waals surface area contributed by atoms with E-state index in [-0.39, 0.29) is 5.91 Å². The summed E-state index contributed by atoms with van der Waals surface area (Å²) < 4.78 is 5.73. The van der Waals surface area contributed by atoms with Crippen molar-refractivity contribution >= 4 is 5.91 Å². The molecule has 0 heterocycles. The largest absolute Gasteiger partial charge is 0.489 e. The molecule has 1 aliphatic carbocycles. The highest BCUT2D eigenvalue weighted by atomic mass is 16.6. The molecular formula is C15H19NO3. The maximum atomic E-state index is 11.6. The summed E-state index contributed by atoms with van der Waals surface area (Å²) in [5.41, 5.74) is 4.16. The fourth-order valence-electron chi connectivity index (χ4n) is 2.09. The quantitative estimate of drug-likeness (QED) is 0.655. The van der Waals surface area contributed by atoms with Gasteiger partial charge in [-0.1, -0.05) is 12.1 Å². The van der Waals surface area contributed by atoms with E-state index in [1.165, 1.54) is 25.5 Å². The SMILES string of the molecule is CONC(=O)c1cccc(OCC2=CCCCC2)c1. The lowest BCUT2D eigenvalue weighted by Gasteiger charge is -2.14. The Labute approximate surface area is 113 Å². The van der Waals surface area contributed by atoms with Crippen LogP contribution in [0.1, 0.15) is 36.0 Å². The molecule has 1 aromatic rings. The first kappa shape index (κ1) is 13.6. The standard InChI is InChI=1S/C15H19NO3/c1-18-16-15(17)13-8-5-9-14(10-13)19-11-12-6-3-2-4-7-12/h5-6,8-10H,2-4,7,11H2,1H3,(H,16,17). The van der Waals surface area contributed by atoms with Gasteiger partial charge in [0.15, 0.2) is 0 Å². The molecule has 1 aliphatic rings. The van der Waals surface area contributed by atoms with Crippen molar-refractivity contribution in [2.24, 2.45) is 0 Å². The lowest BCUT2D eigenvalue weighted by atomic mass is 10.0. The summed E-state index contributed by atoms with van der Waals surface area (Å²) in [4.78, 5) is 16.2. The van der Waals surface area contributed by atoms with Gasteiger partial charge in [0.1, 0.15) is 12.4 Å². The third-order valence-electron chi connectivity index (χ3n) is 3.10. The van der Waals surface area contributed by atoms with Crippen LogP contribution in [0.3, 0.4) is 0 Å². The van der Waals surface area contributed by atoms with Gasteiger partial charge < -0.3 is 4.74 Å². The number of amides is 1. The van der Waals surface area contributed by atoms with Crippen LogP contribution < -0.4 is 10.2 Å². The minimum Gasteiger partial charge on any atom is -0.489 e. The van der Waals surface area contributed by atoms with E-state index in [2.05, 4.69) is 16.4 Å². The number of carbonyl (C=O) groups excluding carboxylic acids is 1. The molecule has 0 radical (unpaired) electrons. The Kier molecular flexibility index (Phi) is 4.98. The van der Waals surface area contributed by atoms with E-state index >= 15 is 0 Å². The summed E-state index contributed by atoms with van der Waals surface area (Å²) in [6.07, 6.45) is 7.03. The molecule has 102 valence electrons. The van der Waals surface area contributed by atoms with Crippen molar-refractivity contribution in [2.75, 3.05) is 13.7 Å². The molecule has 19 heavy (non-hydrogen) atoms. The highest BCUT2D eigenvalue weighted by molar-refractivity contribution is 5.93. The van der Waals surface area contributed by atoms with Gasteiger partial charge in [0.25, 0.3) is 5.91 Å². The Morgan fingerprint density at radius 1 is 1.37 bits per heavy atom. The van der Waals surface area contributed by atoms with Crippen LogP contribution in [0.25, 0.3) is 0 Å². The molecule has 0 bridgehead atoms. The van der Waals surface area contributed by atoms with Gasteiger partial charge in [-0.05, 0) is 49.5 Å². The summed E-state index contributed by atoms with van der Waals surface area (Å²) in [5.74, 6) is 0.431. The van der Waals surface area contributed by atoms with Crippen molar-refractivity contribution in [2.45, 2.75) is 25.7 Å². The maximum Gasteiger partial charge on any atom is 0.274 e. The van der Waals surface area contributed by atoms with E-state index in [1.807, 2.05) is 6.07 Å². The van der Waals surface area contributed by atoms with Gasteiger partial charge in [0, 0.05) is 5.56 Å². The number of carbonyl (C=O) groups is 1. The first-order chi connectivity index (χ1) is 9.29. The maximum absolute atomic E-state index is 11.6. The van der Waals surface area contributed by atoms with Gasteiger partial charge in [0.2, 0.25) is 0 Å². The van der Waals surface area contributed by atoms with Crippen molar-refractivity contribution in [3.8, 4) is 5.75 Å². The Balaban J connectivity index is 1.95. The van der Waals surface area contributed by atoms with E-state index < -0.39 is 0 Å². The molecule has 0 atom stereocenters. The first-order valence-corrected chi connectivity index (χ1v) is 6.53. The van der Waals surface area contributed by atoms with Gasteiger partial charge in [0.05, 0.1) is 7.11 Å². The molecule has 4 heteroatoms. The van der Waals surface area contributed by atoms with Gasteiger partial charge in [-0.3, -0.25) is 9.63 Å².